The minimum atomic E-state index is -0.0648. The number of hydrogen-bond acceptors (Lipinski definition) is 1. The van der Waals surface area contributed by atoms with Crippen LogP contribution in [-0.2, 0) is 10.8 Å². The standard InChI is InChI=1S/C48H43N/c1-47(2,3)45-32-41(38-17-11-14-35(28-38)34-23-25-44(26-24-34)48(4,5)43-20-7-6-8-21-43)31-42(33-45)39-18-12-15-36(29-39)37-16-13-19-40(30-37)46-22-9-10-27-49-46/h6-33H,1-5H3. The second-order valence-electron chi connectivity index (χ2n) is 14.6. The van der Waals surface area contributed by atoms with Gasteiger partial charge >= 0.3 is 0 Å². The predicted octanol–water partition coefficient (Wildman–Crippen LogP) is 13.0. The fourth-order valence-electron chi connectivity index (χ4n) is 6.64. The summed E-state index contributed by atoms with van der Waals surface area (Å²) in [4.78, 5) is 4.57. The molecule has 0 saturated carbocycles. The minimum Gasteiger partial charge on any atom is -0.256 e. The maximum absolute atomic E-state index is 4.57. The number of pyridine rings is 1. The molecule has 0 spiro atoms. The van der Waals surface area contributed by atoms with Crippen LogP contribution < -0.4 is 0 Å². The third-order valence-electron chi connectivity index (χ3n) is 9.78. The first-order chi connectivity index (χ1) is 23.6. The molecule has 0 radical (unpaired) electrons. The van der Waals surface area contributed by atoms with Crippen LogP contribution in [0.15, 0.2) is 170 Å². The van der Waals surface area contributed by atoms with Crippen molar-refractivity contribution in [2.75, 3.05) is 0 Å². The van der Waals surface area contributed by atoms with Crippen LogP contribution in [0.3, 0.4) is 0 Å². The van der Waals surface area contributed by atoms with Crippen molar-refractivity contribution in [1.82, 2.24) is 4.98 Å². The molecule has 49 heavy (non-hydrogen) atoms. The van der Waals surface area contributed by atoms with E-state index in [0.717, 1.165) is 11.3 Å². The Morgan fingerprint density at radius 2 is 0.776 bits per heavy atom. The monoisotopic (exact) mass is 633 g/mol. The summed E-state index contributed by atoms with van der Waals surface area (Å²) in [5.41, 5.74) is 15.7. The molecular weight excluding hydrogens is 591 g/mol. The van der Waals surface area contributed by atoms with E-state index in [-0.39, 0.29) is 10.8 Å². The van der Waals surface area contributed by atoms with Crippen molar-refractivity contribution in [3.63, 3.8) is 0 Å². The number of hydrogen-bond donors (Lipinski definition) is 0. The first-order valence-corrected chi connectivity index (χ1v) is 17.2. The minimum absolute atomic E-state index is 0.00160. The van der Waals surface area contributed by atoms with E-state index >= 15 is 0 Å². The van der Waals surface area contributed by atoms with Gasteiger partial charge in [-0.3, -0.25) is 4.98 Å². The quantitative estimate of drug-likeness (QED) is 0.170. The molecule has 0 N–H and O–H groups in total. The normalized spacial score (nSPS) is 11.8. The smallest absolute Gasteiger partial charge is 0.0702 e. The summed E-state index contributed by atoms with van der Waals surface area (Å²) in [5.74, 6) is 0. The molecule has 0 bridgehead atoms. The van der Waals surface area contributed by atoms with Crippen molar-refractivity contribution in [2.24, 2.45) is 0 Å². The van der Waals surface area contributed by atoms with Crippen LogP contribution in [0.2, 0.25) is 0 Å². The number of aromatic nitrogens is 1. The number of nitrogens with zero attached hydrogens (tertiary/aromatic N) is 1. The Balaban J connectivity index is 1.23. The Morgan fingerprint density at radius 1 is 0.327 bits per heavy atom. The fourth-order valence-corrected chi connectivity index (χ4v) is 6.64. The zero-order chi connectivity index (χ0) is 34.0. The van der Waals surface area contributed by atoms with Crippen molar-refractivity contribution in [3.05, 3.63) is 187 Å². The van der Waals surface area contributed by atoms with Gasteiger partial charge in [0.15, 0.2) is 0 Å². The highest BCUT2D eigenvalue weighted by Gasteiger charge is 2.23. The molecule has 1 nitrogen and oxygen atoms in total. The Hall–Kier alpha value is -5.53. The molecule has 0 atom stereocenters. The van der Waals surface area contributed by atoms with Crippen molar-refractivity contribution >= 4 is 0 Å². The van der Waals surface area contributed by atoms with Crippen LogP contribution in [0.1, 0.15) is 51.3 Å². The van der Waals surface area contributed by atoms with Gasteiger partial charge in [0.05, 0.1) is 5.69 Å². The lowest BCUT2D eigenvalue weighted by Gasteiger charge is -2.26. The summed E-state index contributed by atoms with van der Waals surface area (Å²) in [6, 6.07) is 59.6. The second-order valence-corrected chi connectivity index (χ2v) is 14.6. The van der Waals surface area contributed by atoms with Gasteiger partial charge in [-0.05, 0) is 103 Å². The van der Waals surface area contributed by atoms with Crippen molar-refractivity contribution in [3.8, 4) is 55.8 Å². The Kier molecular flexibility index (Phi) is 8.61. The van der Waals surface area contributed by atoms with Gasteiger partial charge in [-0.25, -0.2) is 0 Å². The lowest BCUT2D eigenvalue weighted by atomic mass is 9.78. The number of benzene rings is 6. The van der Waals surface area contributed by atoms with Crippen LogP contribution in [0.5, 0.6) is 0 Å². The highest BCUT2D eigenvalue weighted by Crippen LogP contribution is 2.37. The highest BCUT2D eigenvalue weighted by atomic mass is 14.7. The third-order valence-corrected chi connectivity index (χ3v) is 9.78. The Morgan fingerprint density at radius 3 is 1.31 bits per heavy atom. The van der Waals surface area contributed by atoms with Gasteiger partial charge in [-0.2, -0.15) is 0 Å². The van der Waals surface area contributed by atoms with Crippen molar-refractivity contribution in [2.45, 2.75) is 45.4 Å². The molecule has 1 heterocycles. The van der Waals surface area contributed by atoms with Gasteiger partial charge in [0, 0.05) is 17.2 Å². The highest BCUT2D eigenvalue weighted by molar-refractivity contribution is 5.81. The van der Waals surface area contributed by atoms with E-state index in [0.29, 0.717) is 0 Å². The summed E-state index contributed by atoms with van der Waals surface area (Å²) in [6.07, 6.45) is 1.85. The summed E-state index contributed by atoms with van der Waals surface area (Å²) in [5, 5.41) is 0. The molecule has 7 aromatic rings. The molecule has 6 aromatic carbocycles. The molecule has 1 aromatic heterocycles. The van der Waals surface area contributed by atoms with Gasteiger partial charge < -0.3 is 0 Å². The van der Waals surface area contributed by atoms with Gasteiger partial charge in [-0.1, -0.05) is 162 Å². The molecule has 0 amide bonds. The molecule has 0 aliphatic heterocycles. The van der Waals surface area contributed by atoms with Crippen LogP contribution in [0.25, 0.3) is 55.8 Å². The van der Waals surface area contributed by atoms with E-state index in [9.17, 15) is 0 Å². The first kappa shape index (κ1) is 32.0. The largest absolute Gasteiger partial charge is 0.256 e. The van der Waals surface area contributed by atoms with Crippen LogP contribution in [0.4, 0.5) is 0 Å². The molecule has 0 unspecified atom stereocenters. The summed E-state index contributed by atoms with van der Waals surface area (Å²) >= 11 is 0. The van der Waals surface area contributed by atoms with Gasteiger partial charge in [-0.15, -0.1) is 0 Å². The first-order valence-electron chi connectivity index (χ1n) is 17.2. The van der Waals surface area contributed by atoms with E-state index in [2.05, 4.69) is 191 Å². The van der Waals surface area contributed by atoms with E-state index in [4.69, 9.17) is 0 Å². The lowest BCUT2D eigenvalue weighted by molar-refractivity contribution is 0.590. The average Bonchev–Trinajstić information content (AvgIpc) is 3.15. The van der Waals surface area contributed by atoms with Crippen molar-refractivity contribution < 1.29 is 0 Å². The Bertz CT molecular complexity index is 2200. The van der Waals surface area contributed by atoms with Gasteiger partial charge in [0.1, 0.15) is 0 Å². The summed E-state index contributed by atoms with van der Waals surface area (Å²) < 4.78 is 0. The maximum Gasteiger partial charge on any atom is 0.0702 e. The Labute approximate surface area is 292 Å². The second kappa shape index (κ2) is 13.2. The van der Waals surface area contributed by atoms with Crippen LogP contribution >= 0.6 is 0 Å². The molecule has 240 valence electrons. The van der Waals surface area contributed by atoms with Crippen LogP contribution in [-0.4, -0.2) is 4.98 Å². The molecule has 0 aliphatic rings. The molecule has 0 aliphatic carbocycles. The SMILES string of the molecule is CC(C)(C)c1cc(-c2cccc(-c3ccc(C(C)(C)c4ccccc4)cc3)c2)cc(-c2cccc(-c3cccc(-c4ccccn4)c3)c2)c1. The number of rotatable bonds is 7. The van der Waals surface area contributed by atoms with Crippen molar-refractivity contribution in [1.29, 1.82) is 0 Å². The molecular formula is C48H43N. The van der Waals surface area contributed by atoms with E-state index < -0.39 is 0 Å². The maximum atomic E-state index is 4.57. The average molecular weight is 634 g/mol. The van der Waals surface area contributed by atoms with E-state index in [1.54, 1.807) is 0 Å². The zero-order valence-electron chi connectivity index (χ0n) is 29.1. The predicted molar refractivity (Wildman–Crippen MR) is 209 cm³/mol. The van der Waals surface area contributed by atoms with E-state index in [1.807, 2.05) is 18.3 Å². The molecule has 7 rings (SSSR count). The molecule has 1 heteroatoms. The fraction of sp³-hybridized carbons (Fsp3) is 0.146. The molecule has 0 saturated heterocycles. The van der Waals surface area contributed by atoms with E-state index in [1.165, 1.54) is 61.2 Å². The van der Waals surface area contributed by atoms with Crippen LogP contribution in [0, 0.1) is 0 Å². The third kappa shape index (κ3) is 6.89. The lowest BCUT2D eigenvalue weighted by Crippen LogP contribution is -2.18. The zero-order valence-corrected chi connectivity index (χ0v) is 29.1. The van der Waals surface area contributed by atoms with Gasteiger partial charge in [0.25, 0.3) is 0 Å². The van der Waals surface area contributed by atoms with Gasteiger partial charge in [0.2, 0.25) is 0 Å². The molecule has 0 fully saturated rings. The summed E-state index contributed by atoms with van der Waals surface area (Å²) in [7, 11) is 0. The topological polar surface area (TPSA) is 12.9 Å². The summed E-state index contributed by atoms with van der Waals surface area (Å²) in [6.45, 7) is 11.5.